The third kappa shape index (κ3) is 4.44. The molecule has 1 rings (SSSR count). The molecule has 0 saturated heterocycles. The number of hydrogen-bond donors (Lipinski definition) is 0. The molecule has 0 heterocycles. The van der Waals surface area contributed by atoms with E-state index in [0.29, 0.717) is 17.8 Å². The first-order chi connectivity index (χ1) is 7.91. The van der Waals surface area contributed by atoms with Crippen molar-refractivity contribution >= 4 is 0 Å². The molecule has 0 amide bonds. The van der Waals surface area contributed by atoms with Gasteiger partial charge in [0.05, 0.1) is 12.7 Å². The summed E-state index contributed by atoms with van der Waals surface area (Å²) in [5.74, 6) is 1.83. The molecule has 0 aliphatic heterocycles. The Labute approximate surface area is 106 Å². The molecular formula is C15H28O2. The van der Waals surface area contributed by atoms with Crippen molar-refractivity contribution in [2.75, 3.05) is 6.61 Å². The molecule has 0 aromatic heterocycles. The van der Waals surface area contributed by atoms with E-state index in [2.05, 4.69) is 40.7 Å². The highest BCUT2D eigenvalue weighted by atomic mass is 16.7. The predicted molar refractivity (Wildman–Crippen MR) is 71.8 cm³/mol. The van der Waals surface area contributed by atoms with Crippen molar-refractivity contribution in [3.05, 3.63) is 11.6 Å². The smallest absolute Gasteiger partial charge is 0.155 e. The Balaban J connectivity index is 2.48. The normalized spacial score (nSPS) is 31.5. The summed E-state index contributed by atoms with van der Waals surface area (Å²) in [6.07, 6.45) is 3.60. The summed E-state index contributed by atoms with van der Waals surface area (Å²) in [5.41, 5.74) is 1.36. The Hall–Kier alpha value is -0.340. The van der Waals surface area contributed by atoms with E-state index in [1.807, 2.05) is 6.92 Å². The number of allylic oxidation sites excluding steroid dienone is 1. The van der Waals surface area contributed by atoms with E-state index >= 15 is 0 Å². The van der Waals surface area contributed by atoms with Crippen LogP contribution in [0.5, 0.6) is 0 Å². The molecule has 0 bridgehead atoms. The first-order valence-corrected chi connectivity index (χ1v) is 6.85. The van der Waals surface area contributed by atoms with Crippen LogP contribution in [0, 0.1) is 17.8 Å². The monoisotopic (exact) mass is 240 g/mol. The van der Waals surface area contributed by atoms with Crippen molar-refractivity contribution in [1.82, 2.24) is 0 Å². The Morgan fingerprint density at radius 1 is 1.29 bits per heavy atom. The van der Waals surface area contributed by atoms with Gasteiger partial charge in [0.15, 0.2) is 6.29 Å². The predicted octanol–water partition coefficient (Wildman–Crippen LogP) is 4.01. The SMILES string of the molecule is CC1=CCC(C)C(C)[C@H]1OC(C)OCC(C)C. The molecule has 1 aliphatic carbocycles. The topological polar surface area (TPSA) is 18.5 Å². The molecule has 0 N–H and O–H groups in total. The molecule has 0 saturated carbocycles. The number of ether oxygens (including phenoxy) is 2. The van der Waals surface area contributed by atoms with Gasteiger partial charge in [-0.05, 0) is 43.6 Å². The van der Waals surface area contributed by atoms with Crippen LogP contribution in [0.1, 0.15) is 48.0 Å². The van der Waals surface area contributed by atoms with Crippen LogP contribution in [0.15, 0.2) is 11.6 Å². The van der Waals surface area contributed by atoms with Gasteiger partial charge in [0.2, 0.25) is 0 Å². The zero-order chi connectivity index (χ0) is 13.0. The first-order valence-electron chi connectivity index (χ1n) is 6.85. The van der Waals surface area contributed by atoms with Gasteiger partial charge < -0.3 is 9.47 Å². The van der Waals surface area contributed by atoms with Crippen LogP contribution >= 0.6 is 0 Å². The van der Waals surface area contributed by atoms with Crippen LogP contribution in [0.2, 0.25) is 0 Å². The third-order valence-electron chi connectivity index (χ3n) is 3.64. The first kappa shape index (κ1) is 14.7. The number of rotatable bonds is 5. The second-order valence-electron chi connectivity index (χ2n) is 5.87. The summed E-state index contributed by atoms with van der Waals surface area (Å²) < 4.78 is 11.7. The van der Waals surface area contributed by atoms with Crippen LogP contribution < -0.4 is 0 Å². The summed E-state index contributed by atoms with van der Waals surface area (Å²) >= 11 is 0. The molecule has 0 spiro atoms. The minimum atomic E-state index is -0.113. The summed E-state index contributed by atoms with van der Waals surface area (Å²) in [7, 11) is 0. The molecular weight excluding hydrogens is 212 g/mol. The van der Waals surface area contributed by atoms with Crippen molar-refractivity contribution in [3.63, 3.8) is 0 Å². The molecule has 1 aliphatic rings. The van der Waals surface area contributed by atoms with Crippen LogP contribution in [-0.2, 0) is 9.47 Å². The maximum Gasteiger partial charge on any atom is 0.155 e. The van der Waals surface area contributed by atoms with Gasteiger partial charge in [-0.3, -0.25) is 0 Å². The molecule has 4 atom stereocenters. The highest BCUT2D eigenvalue weighted by Crippen LogP contribution is 2.32. The van der Waals surface area contributed by atoms with Gasteiger partial charge >= 0.3 is 0 Å². The molecule has 0 aromatic carbocycles. The fraction of sp³-hybridized carbons (Fsp3) is 0.867. The van der Waals surface area contributed by atoms with Gasteiger partial charge in [0.1, 0.15) is 0 Å². The van der Waals surface area contributed by atoms with Gasteiger partial charge in [0.25, 0.3) is 0 Å². The molecule has 0 fully saturated rings. The average molecular weight is 240 g/mol. The van der Waals surface area contributed by atoms with Crippen LogP contribution in [0.25, 0.3) is 0 Å². The zero-order valence-corrected chi connectivity index (χ0v) is 12.2. The lowest BCUT2D eigenvalue weighted by molar-refractivity contribution is -0.170. The van der Waals surface area contributed by atoms with Crippen molar-refractivity contribution in [2.45, 2.75) is 60.4 Å². The summed E-state index contributed by atoms with van der Waals surface area (Å²) in [4.78, 5) is 0. The van der Waals surface area contributed by atoms with Gasteiger partial charge in [-0.25, -0.2) is 0 Å². The molecule has 3 unspecified atom stereocenters. The molecule has 0 aromatic rings. The highest BCUT2D eigenvalue weighted by molar-refractivity contribution is 5.11. The standard InChI is InChI=1S/C15H28O2/c1-10(2)9-16-14(6)17-15-12(4)8-7-11(3)13(15)5/h8,10-11,13-15H,7,9H2,1-6H3/t11?,13?,14?,15-/m0/s1. The van der Waals surface area contributed by atoms with Crippen LogP contribution in [0.3, 0.4) is 0 Å². The molecule has 17 heavy (non-hydrogen) atoms. The second-order valence-corrected chi connectivity index (χ2v) is 5.87. The molecule has 100 valence electrons. The van der Waals surface area contributed by atoms with Crippen molar-refractivity contribution in [2.24, 2.45) is 17.8 Å². The Bertz CT molecular complexity index is 258. The van der Waals surface area contributed by atoms with Gasteiger partial charge in [-0.1, -0.05) is 33.8 Å². The van der Waals surface area contributed by atoms with Crippen molar-refractivity contribution in [3.8, 4) is 0 Å². The van der Waals surface area contributed by atoms with E-state index in [0.717, 1.165) is 6.61 Å². The van der Waals surface area contributed by atoms with E-state index in [-0.39, 0.29) is 12.4 Å². The van der Waals surface area contributed by atoms with Gasteiger partial charge in [-0.15, -0.1) is 0 Å². The summed E-state index contributed by atoms with van der Waals surface area (Å²) in [6, 6.07) is 0. The lowest BCUT2D eigenvalue weighted by Gasteiger charge is -2.35. The number of hydrogen-bond acceptors (Lipinski definition) is 2. The average Bonchev–Trinajstić information content (AvgIpc) is 2.27. The Morgan fingerprint density at radius 3 is 2.53 bits per heavy atom. The van der Waals surface area contributed by atoms with Gasteiger partial charge in [0, 0.05) is 0 Å². The van der Waals surface area contributed by atoms with Crippen LogP contribution in [0.4, 0.5) is 0 Å². The van der Waals surface area contributed by atoms with Gasteiger partial charge in [-0.2, -0.15) is 0 Å². The summed E-state index contributed by atoms with van der Waals surface area (Å²) in [5, 5.41) is 0. The van der Waals surface area contributed by atoms with E-state index in [1.165, 1.54) is 12.0 Å². The highest BCUT2D eigenvalue weighted by Gasteiger charge is 2.29. The zero-order valence-electron chi connectivity index (χ0n) is 12.2. The van der Waals surface area contributed by atoms with E-state index in [1.54, 1.807) is 0 Å². The molecule has 0 radical (unpaired) electrons. The minimum absolute atomic E-state index is 0.113. The maximum absolute atomic E-state index is 6.05. The van der Waals surface area contributed by atoms with E-state index in [9.17, 15) is 0 Å². The Morgan fingerprint density at radius 2 is 1.94 bits per heavy atom. The van der Waals surface area contributed by atoms with Crippen molar-refractivity contribution in [1.29, 1.82) is 0 Å². The fourth-order valence-corrected chi connectivity index (χ4v) is 2.22. The van der Waals surface area contributed by atoms with E-state index in [4.69, 9.17) is 9.47 Å². The second kappa shape index (κ2) is 6.55. The Kier molecular flexibility index (Phi) is 5.68. The summed E-state index contributed by atoms with van der Waals surface area (Å²) in [6.45, 7) is 13.8. The van der Waals surface area contributed by atoms with E-state index < -0.39 is 0 Å². The van der Waals surface area contributed by atoms with Crippen molar-refractivity contribution < 1.29 is 9.47 Å². The molecule has 2 nitrogen and oxygen atoms in total. The minimum Gasteiger partial charge on any atom is -0.353 e. The molecule has 2 heteroatoms. The quantitative estimate of drug-likeness (QED) is 0.534. The third-order valence-corrected chi connectivity index (χ3v) is 3.64. The largest absolute Gasteiger partial charge is 0.353 e. The fourth-order valence-electron chi connectivity index (χ4n) is 2.22. The lowest BCUT2D eigenvalue weighted by atomic mass is 9.80. The van der Waals surface area contributed by atoms with Crippen LogP contribution in [-0.4, -0.2) is 19.0 Å². The maximum atomic E-state index is 6.05. The lowest BCUT2D eigenvalue weighted by Crippen LogP contribution is -2.34.